The molecule has 19 heavy (non-hydrogen) atoms. The number of aryl methyl sites for hydroxylation is 1. The molecule has 1 N–H and O–H groups in total. The van der Waals surface area contributed by atoms with Gasteiger partial charge in [-0.25, -0.2) is 4.79 Å². The lowest BCUT2D eigenvalue weighted by Gasteiger charge is -2.21. The van der Waals surface area contributed by atoms with Crippen LogP contribution in [-0.2, 0) is 9.53 Å². The molecule has 1 amide bonds. The summed E-state index contributed by atoms with van der Waals surface area (Å²) in [6.07, 6.45) is 0.124. The van der Waals surface area contributed by atoms with Crippen molar-refractivity contribution >= 4 is 11.9 Å². The van der Waals surface area contributed by atoms with Crippen molar-refractivity contribution in [2.75, 3.05) is 13.7 Å². The van der Waals surface area contributed by atoms with Crippen molar-refractivity contribution in [2.24, 2.45) is 0 Å². The van der Waals surface area contributed by atoms with E-state index in [1.54, 1.807) is 12.1 Å². The van der Waals surface area contributed by atoms with Crippen molar-refractivity contribution in [2.45, 2.75) is 25.5 Å². The summed E-state index contributed by atoms with van der Waals surface area (Å²) in [6.45, 7) is 2.26. The molecule has 0 aliphatic carbocycles. The number of nitrogens with zero attached hydrogens (tertiary/aromatic N) is 1. The van der Waals surface area contributed by atoms with Crippen molar-refractivity contribution in [3.63, 3.8) is 0 Å². The van der Waals surface area contributed by atoms with E-state index in [-0.39, 0.29) is 12.0 Å². The Morgan fingerprint density at radius 3 is 2.47 bits per heavy atom. The summed E-state index contributed by atoms with van der Waals surface area (Å²) in [5.41, 5.74) is 1.57. The number of likely N-dealkylation sites (tertiary alicyclic amines) is 1. The number of carbonyl (C=O) groups is 2. The molecule has 102 valence electrons. The minimum absolute atomic E-state index is 0.213. The molecular formula is C14H17NO4. The summed E-state index contributed by atoms with van der Waals surface area (Å²) in [6, 6.07) is 6.31. The summed E-state index contributed by atoms with van der Waals surface area (Å²) < 4.78 is 5.17. The van der Waals surface area contributed by atoms with Crippen LogP contribution >= 0.6 is 0 Å². The fraction of sp³-hybridized carbons (Fsp3) is 0.429. The second kappa shape index (κ2) is 5.40. The fourth-order valence-corrected chi connectivity index (χ4v) is 2.29. The van der Waals surface area contributed by atoms with Gasteiger partial charge < -0.3 is 14.7 Å². The number of methoxy groups -OCH3 is 1. The fourth-order valence-electron chi connectivity index (χ4n) is 2.29. The molecule has 0 aromatic heterocycles. The molecule has 0 radical (unpaired) electrons. The number of carboxylic acid groups (broad SMARTS) is 1. The first-order chi connectivity index (χ1) is 9.02. The van der Waals surface area contributed by atoms with E-state index in [1.807, 2.05) is 19.1 Å². The number of hydrogen-bond acceptors (Lipinski definition) is 3. The van der Waals surface area contributed by atoms with Crippen molar-refractivity contribution in [3.05, 3.63) is 35.4 Å². The van der Waals surface area contributed by atoms with Gasteiger partial charge in [0.1, 0.15) is 6.04 Å². The summed E-state index contributed by atoms with van der Waals surface area (Å²) in [7, 11) is 1.53. The van der Waals surface area contributed by atoms with Gasteiger partial charge in [-0.3, -0.25) is 4.79 Å². The van der Waals surface area contributed by atoms with Crippen LogP contribution in [0.4, 0.5) is 0 Å². The van der Waals surface area contributed by atoms with Gasteiger partial charge in [-0.1, -0.05) is 17.7 Å². The van der Waals surface area contributed by atoms with Crippen LogP contribution in [0.25, 0.3) is 0 Å². The highest BCUT2D eigenvalue weighted by Crippen LogP contribution is 2.22. The van der Waals surface area contributed by atoms with E-state index < -0.39 is 12.0 Å². The highest BCUT2D eigenvalue weighted by atomic mass is 16.5. The Morgan fingerprint density at radius 2 is 1.95 bits per heavy atom. The van der Waals surface area contributed by atoms with E-state index in [1.165, 1.54) is 12.0 Å². The molecule has 0 spiro atoms. The first kappa shape index (κ1) is 13.5. The lowest BCUT2D eigenvalue weighted by molar-refractivity contribution is -0.141. The average Bonchev–Trinajstić information content (AvgIpc) is 2.83. The van der Waals surface area contributed by atoms with Crippen LogP contribution in [0.3, 0.4) is 0 Å². The summed E-state index contributed by atoms with van der Waals surface area (Å²) >= 11 is 0. The number of rotatable bonds is 3. The van der Waals surface area contributed by atoms with E-state index in [4.69, 9.17) is 4.74 Å². The smallest absolute Gasteiger partial charge is 0.326 e. The van der Waals surface area contributed by atoms with Crippen LogP contribution in [0, 0.1) is 6.92 Å². The minimum atomic E-state index is -0.986. The van der Waals surface area contributed by atoms with E-state index in [9.17, 15) is 14.7 Å². The van der Waals surface area contributed by atoms with Crippen LogP contribution in [-0.4, -0.2) is 47.7 Å². The predicted octanol–water partition coefficient (Wildman–Crippen LogP) is 1.31. The molecule has 1 aliphatic heterocycles. The van der Waals surface area contributed by atoms with Gasteiger partial charge in [-0.15, -0.1) is 0 Å². The normalized spacial score (nSPS) is 22.5. The molecular weight excluding hydrogens is 246 g/mol. The maximum absolute atomic E-state index is 12.3. The van der Waals surface area contributed by atoms with E-state index in [0.717, 1.165) is 5.56 Å². The van der Waals surface area contributed by atoms with Crippen molar-refractivity contribution < 1.29 is 19.4 Å². The van der Waals surface area contributed by atoms with Crippen LogP contribution in [0.1, 0.15) is 22.3 Å². The molecule has 2 unspecified atom stereocenters. The van der Waals surface area contributed by atoms with Crippen LogP contribution < -0.4 is 0 Å². The Bertz CT molecular complexity index is 483. The monoisotopic (exact) mass is 263 g/mol. The van der Waals surface area contributed by atoms with Gasteiger partial charge >= 0.3 is 5.97 Å². The molecule has 1 saturated heterocycles. The zero-order valence-corrected chi connectivity index (χ0v) is 11.0. The highest BCUT2D eigenvalue weighted by molar-refractivity contribution is 5.97. The van der Waals surface area contributed by atoms with Crippen molar-refractivity contribution in [1.82, 2.24) is 4.90 Å². The van der Waals surface area contributed by atoms with Gasteiger partial charge in [0.25, 0.3) is 5.91 Å². The number of benzene rings is 1. The van der Waals surface area contributed by atoms with E-state index in [2.05, 4.69) is 0 Å². The Labute approximate surface area is 111 Å². The van der Waals surface area contributed by atoms with Crippen LogP contribution in [0.15, 0.2) is 24.3 Å². The average molecular weight is 263 g/mol. The lowest BCUT2D eigenvalue weighted by Crippen LogP contribution is -2.40. The summed E-state index contributed by atoms with van der Waals surface area (Å²) in [4.78, 5) is 24.9. The molecule has 1 aromatic rings. The molecule has 1 fully saturated rings. The van der Waals surface area contributed by atoms with Crippen molar-refractivity contribution in [3.8, 4) is 0 Å². The van der Waals surface area contributed by atoms with Gasteiger partial charge in [-0.2, -0.15) is 0 Å². The Morgan fingerprint density at radius 1 is 1.32 bits per heavy atom. The van der Waals surface area contributed by atoms with Gasteiger partial charge in [0, 0.05) is 25.6 Å². The molecule has 2 atom stereocenters. The third-order valence-electron chi connectivity index (χ3n) is 3.44. The van der Waals surface area contributed by atoms with E-state index >= 15 is 0 Å². The summed E-state index contributed by atoms with van der Waals surface area (Å²) in [5, 5.41) is 9.19. The number of ether oxygens (including phenoxy) is 1. The molecule has 0 saturated carbocycles. The number of carboxylic acids is 1. The minimum Gasteiger partial charge on any atom is -0.480 e. The Kier molecular flexibility index (Phi) is 3.85. The molecule has 1 aliphatic rings. The van der Waals surface area contributed by atoms with Crippen LogP contribution in [0.5, 0.6) is 0 Å². The number of carbonyl (C=O) groups excluding carboxylic acids is 1. The Balaban J connectivity index is 2.21. The molecule has 2 rings (SSSR count). The SMILES string of the molecule is COC1CC(C(=O)O)N(C(=O)c2ccc(C)cc2)C1. The summed E-state index contributed by atoms with van der Waals surface area (Å²) in [5.74, 6) is -1.24. The maximum Gasteiger partial charge on any atom is 0.326 e. The van der Waals surface area contributed by atoms with Gasteiger partial charge in [-0.05, 0) is 19.1 Å². The first-order valence-electron chi connectivity index (χ1n) is 6.16. The molecule has 5 nitrogen and oxygen atoms in total. The molecule has 0 bridgehead atoms. The number of amides is 1. The number of hydrogen-bond donors (Lipinski definition) is 1. The number of aliphatic carboxylic acids is 1. The van der Waals surface area contributed by atoms with Gasteiger partial charge in [0.2, 0.25) is 0 Å². The third-order valence-corrected chi connectivity index (χ3v) is 3.44. The zero-order chi connectivity index (χ0) is 14.0. The molecule has 5 heteroatoms. The predicted molar refractivity (Wildman–Crippen MR) is 69.1 cm³/mol. The first-order valence-corrected chi connectivity index (χ1v) is 6.16. The standard InChI is InChI=1S/C14H17NO4/c1-9-3-5-10(6-4-9)13(16)15-8-11(19-2)7-12(15)14(17)18/h3-6,11-12H,7-8H2,1-2H3,(H,17,18). The van der Waals surface area contributed by atoms with Crippen LogP contribution in [0.2, 0.25) is 0 Å². The van der Waals surface area contributed by atoms with Gasteiger partial charge in [0.15, 0.2) is 0 Å². The highest BCUT2D eigenvalue weighted by Gasteiger charge is 2.39. The molecule has 1 aromatic carbocycles. The topological polar surface area (TPSA) is 66.8 Å². The quantitative estimate of drug-likeness (QED) is 0.892. The third kappa shape index (κ3) is 2.76. The maximum atomic E-state index is 12.3. The Hall–Kier alpha value is -1.88. The largest absolute Gasteiger partial charge is 0.480 e. The lowest BCUT2D eigenvalue weighted by atomic mass is 10.1. The molecule has 1 heterocycles. The van der Waals surface area contributed by atoms with Crippen molar-refractivity contribution in [1.29, 1.82) is 0 Å². The second-order valence-electron chi connectivity index (χ2n) is 4.77. The van der Waals surface area contributed by atoms with E-state index in [0.29, 0.717) is 18.5 Å². The van der Waals surface area contributed by atoms with Gasteiger partial charge in [0.05, 0.1) is 6.10 Å². The zero-order valence-electron chi connectivity index (χ0n) is 11.0. The second-order valence-corrected chi connectivity index (χ2v) is 4.77.